The van der Waals surface area contributed by atoms with Crippen LogP contribution in [0.4, 0.5) is 11.4 Å². The molecule has 2 unspecified atom stereocenters. The number of ether oxygens (including phenoxy) is 4. The second kappa shape index (κ2) is 21.0. The van der Waals surface area contributed by atoms with Gasteiger partial charge in [-0.1, -0.05) is 32.0 Å². The Labute approximate surface area is 312 Å². The summed E-state index contributed by atoms with van der Waals surface area (Å²) in [6.07, 6.45) is 1.99. The van der Waals surface area contributed by atoms with Gasteiger partial charge in [0.1, 0.15) is 29.0 Å². The fraction of sp³-hybridized carbons (Fsp3) is 0.472. The van der Waals surface area contributed by atoms with E-state index in [1.54, 1.807) is 26.1 Å². The number of hydrogen-bond acceptors (Lipinski definition) is 12. The Morgan fingerprint density at radius 3 is 2.59 bits per heavy atom. The van der Waals surface area contributed by atoms with Gasteiger partial charge >= 0.3 is 5.97 Å². The maximum Gasteiger partial charge on any atom is 0.306 e. The van der Waals surface area contributed by atoms with Crippen LogP contribution >= 0.6 is 42.4 Å². The summed E-state index contributed by atoms with van der Waals surface area (Å²) in [4.78, 5) is 13.9. The third-order valence-corrected chi connectivity index (χ3v) is 9.86. The molecule has 2 atom stereocenters. The second-order valence-corrected chi connectivity index (χ2v) is 14.0. The van der Waals surface area contributed by atoms with Crippen LogP contribution in [0.3, 0.4) is 0 Å². The number of halogens is 1. The summed E-state index contributed by atoms with van der Waals surface area (Å²) in [6, 6.07) is 16.2. The predicted molar refractivity (Wildman–Crippen MR) is 211 cm³/mol. The number of nitrogens with two attached hydrogens (primary N) is 2. The average Bonchev–Trinajstić information content (AvgIpc) is 3.23. The molecule has 0 radical (unpaired) electrons. The van der Waals surface area contributed by atoms with E-state index in [4.69, 9.17) is 34.7 Å². The van der Waals surface area contributed by atoms with Gasteiger partial charge in [0.2, 0.25) is 0 Å². The van der Waals surface area contributed by atoms with Crippen LogP contribution in [-0.2, 0) is 20.3 Å². The molecule has 1 aliphatic rings. The molecule has 0 amide bonds. The fourth-order valence-electron chi connectivity index (χ4n) is 5.51. The molecular formula is C36H51IN4O6S2. The number of hydrazine groups is 1. The zero-order valence-electron chi connectivity index (χ0n) is 29.6. The molecule has 270 valence electrons. The third-order valence-electron chi connectivity index (χ3n) is 7.77. The van der Waals surface area contributed by atoms with Crippen LogP contribution in [0.25, 0.3) is 0 Å². The van der Waals surface area contributed by atoms with Crippen molar-refractivity contribution in [1.29, 1.82) is 0 Å². The van der Waals surface area contributed by atoms with Gasteiger partial charge in [-0.25, -0.2) is 10.1 Å². The number of hydrogen-bond donors (Lipinski definition) is 2. The number of carbonyl (C=O) groups is 1. The van der Waals surface area contributed by atoms with Crippen molar-refractivity contribution >= 4 is 59.7 Å². The largest absolute Gasteiger partial charge is 0.494 e. The van der Waals surface area contributed by atoms with Crippen molar-refractivity contribution in [1.82, 2.24) is 4.31 Å². The molecule has 0 saturated heterocycles. The van der Waals surface area contributed by atoms with Gasteiger partial charge in [-0.05, 0) is 92.1 Å². The number of aryl methyl sites for hydroxylation is 1. The van der Waals surface area contributed by atoms with Gasteiger partial charge in [0.05, 0.1) is 53.1 Å². The van der Waals surface area contributed by atoms with Gasteiger partial charge in [0, 0.05) is 53.3 Å². The van der Waals surface area contributed by atoms with E-state index in [1.165, 1.54) is 14.2 Å². The van der Waals surface area contributed by atoms with Crippen molar-refractivity contribution in [3.8, 4) is 17.2 Å². The standard InChI is InChI=1S/C34H45IN4O6S2.C2H6/c1-6-42-33(40)19-28(25-16-29(36)34(38(4)37)31(17-25)41-5)24-10-9-22(2)26(15-24)21-39-20-23(3)45-30-18-27(11-12-32(30)46-39)43-13-7-8-14-44-47-35;1-2/h9-12,15-18,23,28H,6-8,13-14,19-21,36-37H2,1-5H3;1-2H3. The Morgan fingerprint density at radius 1 is 1.14 bits per heavy atom. The van der Waals surface area contributed by atoms with Gasteiger partial charge in [0.25, 0.3) is 0 Å². The molecule has 13 heteroatoms. The molecule has 4 rings (SSSR count). The lowest BCUT2D eigenvalue weighted by atomic mass is 9.86. The topological polar surface area (TPSA) is 122 Å². The van der Waals surface area contributed by atoms with Crippen LogP contribution in [0.15, 0.2) is 53.4 Å². The quantitative estimate of drug-likeness (QED) is 0.0211. The van der Waals surface area contributed by atoms with Crippen LogP contribution in [0.5, 0.6) is 17.2 Å². The lowest BCUT2D eigenvalue weighted by Gasteiger charge is -2.25. The highest BCUT2D eigenvalue weighted by atomic mass is 127. The van der Waals surface area contributed by atoms with Gasteiger partial charge < -0.3 is 33.9 Å². The van der Waals surface area contributed by atoms with Crippen molar-refractivity contribution in [2.45, 2.75) is 77.3 Å². The molecule has 4 N–H and O–H groups in total. The third kappa shape index (κ3) is 12.0. The molecule has 0 fully saturated rings. The lowest BCUT2D eigenvalue weighted by Crippen LogP contribution is -2.27. The Morgan fingerprint density at radius 2 is 1.90 bits per heavy atom. The summed E-state index contributed by atoms with van der Waals surface area (Å²) in [6.45, 7) is 13.1. The predicted octanol–water partition coefficient (Wildman–Crippen LogP) is 8.47. The normalized spacial score (nSPS) is 14.8. The Hall–Kier alpha value is -2.56. The van der Waals surface area contributed by atoms with Crippen molar-refractivity contribution in [2.75, 3.05) is 51.3 Å². The summed E-state index contributed by atoms with van der Waals surface area (Å²) in [7, 11) is 4.65. The monoisotopic (exact) mass is 826 g/mol. The van der Waals surface area contributed by atoms with E-state index >= 15 is 0 Å². The second-order valence-electron chi connectivity index (χ2n) is 11.4. The molecule has 0 saturated carbocycles. The highest BCUT2D eigenvalue weighted by Crippen LogP contribution is 2.41. The minimum absolute atomic E-state index is 0.0309. The van der Waals surface area contributed by atoms with Gasteiger partial charge in [0.15, 0.2) is 0 Å². The maximum absolute atomic E-state index is 12.9. The van der Waals surface area contributed by atoms with Gasteiger partial charge in [-0.2, -0.15) is 0 Å². The minimum atomic E-state index is -0.308. The molecule has 0 bridgehead atoms. The van der Waals surface area contributed by atoms with E-state index in [-0.39, 0.29) is 24.4 Å². The first kappa shape index (κ1) is 40.9. The molecule has 10 nitrogen and oxygen atoms in total. The summed E-state index contributed by atoms with van der Waals surface area (Å²) in [5.74, 6) is 7.61. The van der Waals surface area contributed by atoms with E-state index in [0.29, 0.717) is 43.5 Å². The number of nitrogens with zero attached hydrogens (tertiary/aromatic N) is 2. The van der Waals surface area contributed by atoms with Crippen LogP contribution in [0.2, 0.25) is 0 Å². The molecular weight excluding hydrogens is 775 g/mol. The van der Waals surface area contributed by atoms with Crippen molar-refractivity contribution in [3.63, 3.8) is 0 Å². The van der Waals surface area contributed by atoms with E-state index in [2.05, 4.69) is 63.6 Å². The highest BCUT2D eigenvalue weighted by Gasteiger charge is 2.26. The van der Waals surface area contributed by atoms with Crippen LogP contribution in [-0.4, -0.2) is 56.9 Å². The van der Waals surface area contributed by atoms with Crippen molar-refractivity contribution < 1.29 is 27.9 Å². The smallest absolute Gasteiger partial charge is 0.306 e. The zero-order chi connectivity index (χ0) is 35.9. The number of fused-ring (bicyclic) bond motifs is 1. The number of unbranched alkanes of at least 4 members (excludes halogenated alkanes) is 1. The highest BCUT2D eigenvalue weighted by molar-refractivity contribution is 14.2. The fourth-order valence-corrected chi connectivity index (χ4v) is 7.33. The number of nitrogen functional groups attached to an aromatic ring is 1. The Bertz CT molecular complexity index is 1500. The van der Waals surface area contributed by atoms with Crippen LogP contribution in [0, 0.1) is 6.92 Å². The molecule has 3 aromatic rings. The summed E-state index contributed by atoms with van der Waals surface area (Å²) in [5.41, 5.74) is 11.6. The summed E-state index contributed by atoms with van der Waals surface area (Å²) in [5, 5.41) is 1.43. The Kier molecular flexibility index (Phi) is 17.5. The molecule has 0 spiro atoms. The van der Waals surface area contributed by atoms with E-state index in [0.717, 1.165) is 58.0 Å². The van der Waals surface area contributed by atoms with Crippen molar-refractivity contribution in [2.24, 2.45) is 5.84 Å². The molecule has 49 heavy (non-hydrogen) atoms. The van der Waals surface area contributed by atoms with E-state index in [9.17, 15) is 4.79 Å². The SMILES string of the molecule is CC.CCOC(=O)CC(c1ccc(C)c(CN2CC(C)Oc3cc(OCCCCOSI)ccc3S2)c1)c1cc(N)c(N(C)N)c(OC)c1. The first-order valence-electron chi connectivity index (χ1n) is 16.6. The number of methoxy groups -OCH3 is 1. The van der Waals surface area contributed by atoms with Crippen molar-refractivity contribution in [3.05, 3.63) is 70.8 Å². The molecule has 3 aromatic carbocycles. The molecule has 0 aliphatic carbocycles. The van der Waals surface area contributed by atoms with E-state index < -0.39 is 0 Å². The molecule has 1 aliphatic heterocycles. The minimum Gasteiger partial charge on any atom is -0.494 e. The van der Waals surface area contributed by atoms with E-state index in [1.807, 2.05) is 45.0 Å². The number of benzene rings is 3. The lowest BCUT2D eigenvalue weighted by molar-refractivity contribution is -0.143. The zero-order valence-corrected chi connectivity index (χ0v) is 33.4. The summed E-state index contributed by atoms with van der Waals surface area (Å²) >= 11 is 3.81. The number of anilines is 2. The van der Waals surface area contributed by atoms with Crippen LogP contribution in [0.1, 0.15) is 75.1 Å². The first-order chi connectivity index (χ1) is 23.6. The first-order valence-corrected chi connectivity index (χ1v) is 20.7. The average molecular weight is 827 g/mol. The van der Waals surface area contributed by atoms with Crippen LogP contribution < -0.4 is 30.8 Å². The van der Waals surface area contributed by atoms with Gasteiger partial charge in [-0.3, -0.25) is 4.79 Å². The van der Waals surface area contributed by atoms with Gasteiger partial charge in [-0.15, -0.1) is 0 Å². The number of rotatable bonds is 16. The maximum atomic E-state index is 12.9. The summed E-state index contributed by atoms with van der Waals surface area (Å²) < 4.78 is 31.0. The Balaban J connectivity index is 0.00000319. The molecule has 1 heterocycles. The number of esters is 1. The number of carbonyl (C=O) groups excluding carboxylic acids is 1. The molecule has 0 aromatic heterocycles.